The minimum Gasteiger partial charge on any atom is -0.308 e. The molecule has 1 aliphatic rings. The van der Waals surface area contributed by atoms with Gasteiger partial charge in [-0.3, -0.25) is 9.89 Å². The van der Waals surface area contributed by atoms with Crippen molar-refractivity contribution in [2.75, 3.05) is 5.32 Å². The van der Waals surface area contributed by atoms with Gasteiger partial charge in [0.1, 0.15) is 5.82 Å². The van der Waals surface area contributed by atoms with Gasteiger partial charge in [0.25, 0.3) is 0 Å². The Morgan fingerprint density at radius 1 is 1.12 bits per heavy atom. The fourth-order valence-electron chi connectivity index (χ4n) is 3.37. The van der Waals surface area contributed by atoms with Crippen molar-refractivity contribution in [2.24, 2.45) is 5.92 Å². The third kappa shape index (κ3) is 2.77. The zero-order chi connectivity index (χ0) is 16.5. The molecule has 5 heteroatoms. The minimum atomic E-state index is -0.262. The van der Waals surface area contributed by atoms with Gasteiger partial charge in [0.05, 0.1) is 5.52 Å². The smallest absolute Gasteiger partial charge is 0.228 e. The van der Waals surface area contributed by atoms with Crippen LogP contribution in [0.4, 0.5) is 10.2 Å². The molecule has 1 saturated carbocycles. The maximum absolute atomic E-state index is 13.4. The number of hydrogen-bond donors (Lipinski definition) is 2. The maximum Gasteiger partial charge on any atom is 0.228 e. The van der Waals surface area contributed by atoms with Crippen molar-refractivity contribution in [2.45, 2.75) is 25.7 Å². The summed E-state index contributed by atoms with van der Waals surface area (Å²) in [5.74, 6) is 0.452. The second-order valence-corrected chi connectivity index (χ2v) is 6.31. The van der Waals surface area contributed by atoms with Crippen LogP contribution in [0.5, 0.6) is 0 Å². The summed E-state index contributed by atoms with van der Waals surface area (Å²) in [6.07, 6.45) is 4.16. The zero-order valence-electron chi connectivity index (χ0n) is 13.2. The van der Waals surface area contributed by atoms with Crippen molar-refractivity contribution in [3.8, 4) is 11.1 Å². The number of amides is 1. The van der Waals surface area contributed by atoms with Gasteiger partial charge in [0.15, 0.2) is 5.82 Å². The van der Waals surface area contributed by atoms with Gasteiger partial charge >= 0.3 is 0 Å². The third-order valence-electron chi connectivity index (χ3n) is 4.69. The Morgan fingerprint density at radius 2 is 1.92 bits per heavy atom. The largest absolute Gasteiger partial charge is 0.308 e. The zero-order valence-corrected chi connectivity index (χ0v) is 13.2. The Balaban J connectivity index is 1.62. The number of aromatic amines is 1. The molecule has 1 aromatic heterocycles. The number of fused-ring (bicyclic) bond motifs is 1. The number of nitrogens with one attached hydrogen (secondary N) is 2. The van der Waals surface area contributed by atoms with Crippen LogP contribution in [-0.2, 0) is 4.79 Å². The molecule has 2 aromatic carbocycles. The van der Waals surface area contributed by atoms with Crippen LogP contribution in [0.3, 0.4) is 0 Å². The highest BCUT2D eigenvalue weighted by molar-refractivity contribution is 6.01. The molecule has 24 heavy (non-hydrogen) atoms. The highest BCUT2D eigenvalue weighted by atomic mass is 19.1. The quantitative estimate of drug-likeness (QED) is 0.745. The van der Waals surface area contributed by atoms with Crippen LogP contribution < -0.4 is 5.32 Å². The van der Waals surface area contributed by atoms with Gasteiger partial charge in [-0.05, 0) is 48.2 Å². The first-order valence-electron chi connectivity index (χ1n) is 8.25. The second-order valence-electron chi connectivity index (χ2n) is 6.31. The van der Waals surface area contributed by atoms with Gasteiger partial charge in [0.2, 0.25) is 5.91 Å². The normalized spacial score (nSPS) is 15.0. The van der Waals surface area contributed by atoms with E-state index in [0.29, 0.717) is 5.82 Å². The summed E-state index contributed by atoms with van der Waals surface area (Å²) in [6.45, 7) is 0. The van der Waals surface area contributed by atoms with Crippen LogP contribution in [-0.4, -0.2) is 16.1 Å². The Morgan fingerprint density at radius 3 is 2.71 bits per heavy atom. The van der Waals surface area contributed by atoms with Crippen LogP contribution in [0, 0.1) is 11.7 Å². The predicted molar refractivity (Wildman–Crippen MR) is 92.1 cm³/mol. The number of anilines is 1. The predicted octanol–water partition coefficient (Wildman–Crippen LogP) is 4.50. The number of nitrogens with zero attached hydrogens (tertiary/aromatic N) is 1. The van der Waals surface area contributed by atoms with Gasteiger partial charge in [-0.1, -0.05) is 31.0 Å². The van der Waals surface area contributed by atoms with Crippen molar-refractivity contribution in [1.29, 1.82) is 0 Å². The lowest BCUT2D eigenvalue weighted by Crippen LogP contribution is -2.20. The summed E-state index contributed by atoms with van der Waals surface area (Å²) in [7, 11) is 0. The average Bonchev–Trinajstić information content (AvgIpc) is 3.25. The van der Waals surface area contributed by atoms with Crippen LogP contribution in [0.25, 0.3) is 22.0 Å². The van der Waals surface area contributed by atoms with E-state index in [9.17, 15) is 9.18 Å². The van der Waals surface area contributed by atoms with Crippen LogP contribution in [0.2, 0.25) is 0 Å². The van der Waals surface area contributed by atoms with E-state index in [1.807, 2.05) is 24.3 Å². The number of aromatic nitrogens is 2. The molecule has 4 nitrogen and oxygen atoms in total. The number of rotatable bonds is 3. The standard InChI is InChI=1S/C19H18FN3O/c20-15-7-3-6-13(10-15)14-8-9-16-17(11-14)22-23-18(16)21-19(24)12-4-1-2-5-12/h3,6-12H,1-2,4-5H2,(H2,21,22,23,24). The lowest BCUT2D eigenvalue weighted by molar-refractivity contribution is -0.119. The van der Waals surface area contributed by atoms with Gasteiger partial charge in [-0.2, -0.15) is 5.10 Å². The average molecular weight is 323 g/mol. The Kier molecular flexibility index (Phi) is 3.76. The number of halogens is 1. The van der Waals surface area contributed by atoms with Crippen molar-refractivity contribution in [1.82, 2.24) is 10.2 Å². The number of carbonyl (C=O) groups excluding carboxylic acids is 1. The lowest BCUT2D eigenvalue weighted by Gasteiger charge is -2.08. The second kappa shape index (κ2) is 6.07. The molecule has 1 fully saturated rings. The van der Waals surface area contributed by atoms with Crippen molar-refractivity contribution in [3.63, 3.8) is 0 Å². The first kappa shape index (κ1) is 14.9. The molecule has 122 valence electrons. The number of hydrogen-bond acceptors (Lipinski definition) is 2. The summed E-state index contributed by atoms with van der Waals surface area (Å²) < 4.78 is 13.4. The first-order chi connectivity index (χ1) is 11.7. The number of H-pyrrole nitrogens is 1. The van der Waals surface area contributed by atoms with Gasteiger partial charge in [-0.25, -0.2) is 4.39 Å². The molecule has 0 bridgehead atoms. The van der Waals surface area contributed by atoms with Crippen LogP contribution >= 0.6 is 0 Å². The molecule has 0 saturated heterocycles. The monoisotopic (exact) mass is 323 g/mol. The SMILES string of the molecule is O=C(Nc1n[nH]c2cc(-c3cccc(F)c3)ccc12)C1CCCC1. The molecule has 0 unspecified atom stereocenters. The third-order valence-corrected chi connectivity index (χ3v) is 4.69. The molecule has 0 aliphatic heterocycles. The topological polar surface area (TPSA) is 57.8 Å². The Labute approximate surface area is 139 Å². The molecule has 0 radical (unpaired) electrons. The van der Waals surface area contributed by atoms with E-state index >= 15 is 0 Å². The highest BCUT2D eigenvalue weighted by Gasteiger charge is 2.23. The van der Waals surface area contributed by atoms with Crippen LogP contribution in [0.15, 0.2) is 42.5 Å². The molecular weight excluding hydrogens is 305 g/mol. The van der Waals surface area contributed by atoms with Crippen molar-refractivity contribution in [3.05, 3.63) is 48.3 Å². The van der Waals surface area contributed by atoms with E-state index < -0.39 is 0 Å². The van der Waals surface area contributed by atoms with E-state index in [-0.39, 0.29) is 17.6 Å². The van der Waals surface area contributed by atoms with Crippen molar-refractivity contribution < 1.29 is 9.18 Å². The summed E-state index contributed by atoms with van der Waals surface area (Å²) in [5.41, 5.74) is 2.53. The summed E-state index contributed by atoms with van der Waals surface area (Å²) in [5, 5.41) is 11.0. The molecule has 1 heterocycles. The lowest BCUT2D eigenvalue weighted by atomic mass is 10.0. The molecule has 1 amide bonds. The fourth-order valence-corrected chi connectivity index (χ4v) is 3.37. The summed E-state index contributed by atoms with van der Waals surface area (Å²) in [4.78, 5) is 12.3. The highest BCUT2D eigenvalue weighted by Crippen LogP contribution is 2.29. The summed E-state index contributed by atoms with van der Waals surface area (Å²) >= 11 is 0. The number of benzene rings is 2. The van der Waals surface area contributed by atoms with E-state index in [0.717, 1.165) is 47.7 Å². The molecule has 0 spiro atoms. The molecule has 4 rings (SSSR count). The molecule has 3 aromatic rings. The summed E-state index contributed by atoms with van der Waals surface area (Å²) in [6, 6.07) is 12.2. The van der Waals surface area contributed by atoms with Gasteiger partial charge < -0.3 is 5.32 Å². The first-order valence-corrected chi connectivity index (χ1v) is 8.25. The fraction of sp³-hybridized carbons (Fsp3) is 0.263. The maximum atomic E-state index is 13.4. The van der Waals surface area contributed by atoms with Gasteiger partial charge in [0, 0.05) is 11.3 Å². The molecular formula is C19H18FN3O. The number of carbonyl (C=O) groups is 1. The minimum absolute atomic E-state index is 0.0510. The van der Waals surface area contributed by atoms with E-state index in [1.165, 1.54) is 12.1 Å². The molecule has 0 atom stereocenters. The molecule has 1 aliphatic carbocycles. The van der Waals surface area contributed by atoms with E-state index in [1.54, 1.807) is 6.07 Å². The van der Waals surface area contributed by atoms with Crippen molar-refractivity contribution >= 4 is 22.6 Å². The van der Waals surface area contributed by atoms with Crippen LogP contribution in [0.1, 0.15) is 25.7 Å². The Hall–Kier alpha value is -2.69. The van der Waals surface area contributed by atoms with E-state index in [2.05, 4.69) is 15.5 Å². The Bertz CT molecular complexity index is 897. The molecule has 2 N–H and O–H groups in total. The van der Waals surface area contributed by atoms with E-state index in [4.69, 9.17) is 0 Å². The van der Waals surface area contributed by atoms with Gasteiger partial charge in [-0.15, -0.1) is 0 Å².